The van der Waals surface area contributed by atoms with Crippen molar-refractivity contribution in [1.82, 2.24) is 4.90 Å². The minimum absolute atomic E-state index is 0.0240. The van der Waals surface area contributed by atoms with Crippen molar-refractivity contribution in [3.05, 3.63) is 0 Å². The second kappa shape index (κ2) is 5.16. The first kappa shape index (κ1) is 13.2. The fourth-order valence-corrected chi connectivity index (χ4v) is 3.23. The van der Waals surface area contributed by atoms with E-state index in [1.165, 1.54) is 25.7 Å². The van der Waals surface area contributed by atoms with Crippen LogP contribution >= 0.6 is 0 Å². The number of amidine groups is 1. The first-order valence-corrected chi connectivity index (χ1v) is 6.84. The summed E-state index contributed by atoms with van der Waals surface area (Å²) in [6.45, 7) is 0.805. The van der Waals surface area contributed by atoms with Gasteiger partial charge in [-0.1, -0.05) is 24.4 Å². The van der Waals surface area contributed by atoms with Gasteiger partial charge in [0.15, 0.2) is 5.84 Å². The molecule has 0 spiro atoms. The monoisotopic (exact) mass is 253 g/mol. The highest BCUT2D eigenvalue weighted by atomic mass is 16.4. The van der Waals surface area contributed by atoms with E-state index in [-0.39, 0.29) is 11.7 Å². The summed E-state index contributed by atoms with van der Waals surface area (Å²) in [5.41, 5.74) is 4.99. The van der Waals surface area contributed by atoms with Gasteiger partial charge in [0, 0.05) is 13.6 Å². The quantitative estimate of drug-likeness (QED) is 0.345. The van der Waals surface area contributed by atoms with Crippen LogP contribution in [0.5, 0.6) is 0 Å². The van der Waals surface area contributed by atoms with Crippen LogP contribution < -0.4 is 5.73 Å². The fraction of sp³-hybridized carbons (Fsp3) is 0.846. The molecule has 102 valence electrons. The molecular weight excluding hydrogens is 230 g/mol. The largest absolute Gasteiger partial charge is 0.409 e. The molecule has 0 saturated heterocycles. The maximum atomic E-state index is 12.5. The lowest BCUT2D eigenvalue weighted by Gasteiger charge is -2.41. The van der Waals surface area contributed by atoms with Gasteiger partial charge in [0.25, 0.3) is 0 Å². The van der Waals surface area contributed by atoms with Gasteiger partial charge < -0.3 is 15.8 Å². The van der Waals surface area contributed by atoms with Crippen LogP contribution in [0.1, 0.15) is 44.9 Å². The molecule has 2 aliphatic rings. The Kier molecular flexibility index (Phi) is 3.78. The Morgan fingerprint density at radius 1 is 1.39 bits per heavy atom. The third kappa shape index (κ3) is 2.18. The van der Waals surface area contributed by atoms with Crippen LogP contribution in [0.4, 0.5) is 0 Å². The molecule has 0 bridgehead atoms. The third-order valence-corrected chi connectivity index (χ3v) is 4.57. The Hall–Kier alpha value is -1.26. The van der Waals surface area contributed by atoms with Crippen molar-refractivity contribution in [1.29, 1.82) is 0 Å². The predicted molar refractivity (Wildman–Crippen MR) is 69.3 cm³/mol. The molecule has 0 aromatic heterocycles. The highest BCUT2D eigenvalue weighted by Crippen LogP contribution is 2.43. The molecule has 0 unspecified atom stereocenters. The van der Waals surface area contributed by atoms with E-state index >= 15 is 0 Å². The van der Waals surface area contributed by atoms with E-state index in [0.29, 0.717) is 18.8 Å². The highest BCUT2D eigenvalue weighted by Gasteiger charge is 2.49. The molecule has 2 aliphatic carbocycles. The zero-order valence-corrected chi connectivity index (χ0v) is 11.1. The molecule has 0 aromatic rings. The van der Waals surface area contributed by atoms with Gasteiger partial charge in [-0.15, -0.1) is 0 Å². The van der Waals surface area contributed by atoms with Gasteiger partial charge in [-0.2, -0.15) is 0 Å². The topological polar surface area (TPSA) is 78.9 Å². The average Bonchev–Trinajstić information content (AvgIpc) is 2.79. The van der Waals surface area contributed by atoms with Gasteiger partial charge >= 0.3 is 0 Å². The van der Waals surface area contributed by atoms with Crippen LogP contribution in [0, 0.1) is 11.3 Å². The standard InChI is InChI=1S/C13H23N3O2/c1-16(9-10-5-2-3-6-10)12(17)13(7-4-8-13)11(14)15-18/h10,18H,2-9H2,1H3,(H2,14,15). The first-order valence-electron chi connectivity index (χ1n) is 6.84. The normalized spacial score (nSPS) is 23.7. The fourth-order valence-electron chi connectivity index (χ4n) is 3.23. The Bertz CT molecular complexity index is 344. The van der Waals surface area contributed by atoms with Gasteiger partial charge in [0.05, 0.1) is 0 Å². The van der Waals surface area contributed by atoms with Crippen LogP contribution in [0.2, 0.25) is 0 Å². The van der Waals surface area contributed by atoms with Gasteiger partial charge in [0.1, 0.15) is 5.41 Å². The number of hydrogen-bond acceptors (Lipinski definition) is 3. The lowest BCUT2D eigenvalue weighted by atomic mass is 9.67. The number of nitrogens with zero attached hydrogens (tertiary/aromatic N) is 2. The summed E-state index contributed by atoms with van der Waals surface area (Å²) in [5.74, 6) is 0.733. The van der Waals surface area contributed by atoms with E-state index < -0.39 is 5.41 Å². The van der Waals surface area contributed by atoms with Crippen LogP contribution in [-0.4, -0.2) is 35.4 Å². The zero-order chi connectivity index (χ0) is 13.2. The third-order valence-electron chi connectivity index (χ3n) is 4.57. The zero-order valence-electron chi connectivity index (χ0n) is 11.1. The van der Waals surface area contributed by atoms with Crippen molar-refractivity contribution in [2.24, 2.45) is 22.2 Å². The van der Waals surface area contributed by atoms with Gasteiger partial charge in [-0.25, -0.2) is 0 Å². The summed E-state index contributed by atoms with van der Waals surface area (Å²) in [4.78, 5) is 14.3. The number of carbonyl (C=O) groups is 1. The molecule has 0 heterocycles. The lowest BCUT2D eigenvalue weighted by Crippen LogP contribution is -2.54. The summed E-state index contributed by atoms with van der Waals surface area (Å²) in [6.07, 6.45) is 7.37. The maximum Gasteiger partial charge on any atom is 0.236 e. The van der Waals surface area contributed by atoms with Crippen LogP contribution in [0.3, 0.4) is 0 Å². The molecule has 1 amide bonds. The molecule has 5 nitrogen and oxygen atoms in total. The summed E-state index contributed by atoms with van der Waals surface area (Å²) in [6, 6.07) is 0. The summed E-state index contributed by atoms with van der Waals surface area (Å²) in [5, 5.41) is 11.9. The van der Waals surface area contributed by atoms with Gasteiger partial charge in [-0.3, -0.25) is 4.79 Å². The summed E-state index contributed by atoms with van der Waals surface area (Å²) >= 11 is 0. The Morgan fingerprint density at radius 3 is 2.44 bits per heavy atom. The first-order chi connectivity index (χ1) is 8.60. The van der Waals surface area contributed by atoms with Crippen LogP contribution in [-0.2, 0) is 4.79 Å². The molecule has 0 aliphatic heterocycles. The predicted octanol–water partition coefficient (Wildman–Crippen LogP) is 1.55. The lowest BCUT2D eigenvalue weighted by molar-refractivity contribution is -0.141. The Labute approximate surface area is 108 Å². The molecule has 0 aromatic carbocycles. The number of nitrogens with two attached hydrogens (primary N) is 1. The number of rotatable bonds is 4. The maximum absolute atomic E-state index is 12.5. The van der Waals surface area contributed by atoms with Crippen molar-refractivity contribution in [2.75, 3.05) is 13.6 Å². The van der Waals surface area contributed by atoms with E-state index in [2.05, 4.69) is 5.16 Å². The SMILES string of the molecule is CN(CC1CCCC1)C(=O)C1(C(N)=NO)CCC1. The van der Waals surface area contributed by atoms with E-state index in [9.17, 15) is 4.79 Å². The second-order valence-electron chi connectivity index (χ2n) is 5.76. The van der Waals surface area contributed by atoms with E-state index in [0.717, 1.165) is 13.0 Å². The van der Waals surface area contributed by atoms with Crippen molar-refractivity contribution >= 4 is 11.7 Å². The molecule has 3 N–H and O–H groups in total. The van der Waals surface area contributed by atoms with Gasteiger partial charge in [0.2, 0.25) is 5.91 Å². The van der Waals surface area contributed by atoms with Crippen LogP contribution in [0.15, 0.2) is 5.16 Å². The van der Waals surface area contributed by atoms with Crippen LogP contribution in [0.25, 0.3) is 0 Å². The van der Waals surface area contributed by atoms with E-state index in [1.807, 2.05) is 7.05 Å². The van der Waals surface area contributed by atoms with Crippen molar-refractivity contribution < 1.29 is 10.0 Å². The second-order valence-corrected chi connectivity index (χ2v) is 5.76. The average molecular weight is 253 g/mol. The Balaban J connectivity index is 2.00. The summed E-state index contributed by atoms with van der Waals surface area (Å²) < 4.78 is 0. The smallest absolute Gasteiger partial charge is 0.236 e. The molecule has 0 atom stereocenters. The molecular formula is C13H23N3O2. The number of oxime groups is 1. The number of carbonyl (C=O) groups excluding carboxylic acids is 1. The minimum atomic E-state index is -0.720. The van der Waals surface area contributed by atoms with Gasteiger partial charge in [-0.05, 0) is 31.6 Å². The minimum Gasteiger partial charge on any atom is -0.409 e. The number of hydrogen-bond donors (Lipinski definition) is 2. The van der Waals surface area contributed by atoms with Crippen molar-refractivity contribution in [3.63, 3.8) is 0 Å². The molecule has 5 heteroatoms. The molecule has 0 radical (unpaired) electrons. The van der Waals surface area contributed by atoms with Crippen molar-refractivity contribution in [2.45, 2.75) is 44.9 Å². The van der Waals surface area contributed by atoms with Crippen molar-refractivity contribution in [3.8, 4) is 0 Å². The number of amides is 1. The summed E-state index contributed by atoms with van der Waals surface area (Å²) in [7, 11) is 1.84. The highest BCUT2D eigenvalue weighted by molar-refractivity contribution is 6.07. The molecule has 2 fully saturated rings. The molecule has 2 rings (SSSR count). The van der Waals surface area contributed by atoms with E-state index in [4.69, 9.17) is 10.9 Å². The van der Waals surface area contributed by atoms with E-state index in [1.54, 1.807) is 4.90 Å². The molecule has 18 heavy (non-hydrogen) atoms. The Morgan fingerprint density at radius 2 is 2.00 bits per heavy atom. The molecule has 2 saturated carbocycles.